The van der Waals surface area contributed by atoms with Crippen molar-refractivity contribution in [2.75, 3.05) is 0 Å². The van der Waals surface area contributed by atoms with Crippen molar-refractivity contribution in [3.8, 4) is 0 Å². The van der Waals surface area contributed by atoms with E-state index in [4.69, 9.17) is 0 Å². The Bertz CT molecular complexity index is 745. The minimum absolute atomic E-state index is 0.0663. The molecule has 8 atom stereocenters. The van der Waals surface area contributed by atoms with Crippen LogP contribution in [0.3, 0.4) is 0 Å². The molecule has 0 aromatic heterocycles. The maximum Gasteiger partial charge on any atom is 0.0594 e. The van der Waals surface area contributed by atoms with Crippen molar-refractivity contribution in [3.05, 3.63) is 11.6 Å². The highest BCUT2D eigenvalue weighted by molar-refractivity contribution is 5.28. The van der Waals surface area contributed by atoms with Gasteiger partial charge in [-0.15, -0.1) is 0 Å². The van der Waals surface area contributed by atoms with Crippen LogP contribution in [0.25, 0.3) is 0 Å². The molecule has 0 aromatic carbocycles. The zero-order valence-electron chi connectivity index (χ0n) is 21.0. The Hall–Kier alpha value is -0.300. The molecule has 4 fully saturated rings. The van der Waals surface area contributed by atoms with Crippen LogP contribution < -0.4 is 0 Å². The van der Waals surface area contributed by atoms with E-state index in [1.165, 1.54) is 57.8 Å². The predicted molar refractivity (Wildman–Crippen MR) is 126 cm³/mol. The van der Waals surface area contributed by atoms with E-state index in [0.717, 1.165) is 24.2 Å². The Kier molecular flexibility index (Phi) is 4.59. The summed E-state index contributed by atoms with van der Waals surface area (Å²) in [5.74, 6) is 3.11. The zero-order chi connectivity index (χ0) is 21.7. The van der Waals surface area contributed by atoms with Gasteiger partial charge in [0.2, 0.25) is 0 Å². The van der Waals surface area contributed by atoms with Crippen LogP contribution in [0, 0.1) is 50.7 Å². The molecule has 0 heterocycles. The van der Waals surface area contributed by atoms with Gasteiger partial charge >= 0.3 is 0 Å². The third kappa shape index (κ3) is 2.75. The highest BCUT2D eigenvalue weighted by Crippen LogP contribution is 2.71. The van der Waals surface area contributed by atoms with Crippen LogP contribution >= 0.6 is 0 Å². The van der Waals surface area contributed by atoms with Gasteiger partial charge in [0.05, 0.1) is 6.10 Å². The van der Waals surface area contributed by atoms with Crippen LogP contribution in [-0.2, 0) is 0 Å². The van der Waals surface area contributed by atoms with E-state index in [0.29, 0.717) is 27.6 Å². The molecule has 5 aliphatic carbocycles. The van der Waals surface area contributed by atoms with Crippen LogP contribution in [0.5, 0.6) is 0 Å². The molecule has 5 rings (SSSR count). The summed E-state index contributed by atoms with van der Waals surface area (Å²) < 4.78 is 0. The first-order chi connectivity index (χ1) is 13.8. The van der Waals surface area contributed by atoms with E-state index < -0.39 is 0 Å². The van der Waals surface area contributed by atoms with Gasteiger partial charge in [-0.25, -0.2) is 0 Å². The Balaban J connectivity index is 1.52. The molecule has 1 nitrogen and oxygen atoms in total. The van der Waals surface area contributed by atoms with E-state index in [2.05, 4.69) is 54.5 Å². The maximum absolute atomic E-state index is 10.8. The lowest BCUT2D eigenvalue weighted by Crippen LogP contribution is -2.61. The second-order valence-electron chi connectivity index (χ2n) is 14.6. The largest absolute Gasteiger partial charge is 0.393 e. The van der Waals surface area contributed by atoms with Crippen molar-refractivity contribution in [1.29, 1.82) is 0 Å². The number of aliphatic hydroxyl groups is 1. The van der Waals surface area contributed by atoms with Gasteiger partial charge in [0.1, 0.15) is 0 Å². The van der Waals surface area contributed by atoms with E-state index in [9.17, 15) is 5.11 Å². The highest BCUT2D eigenvalue weighted by atomic mass is 16.3. The van der Waals surface area contributed by atoms with Crippen molar-refractivity contribution >= 4 is 0 Å². The molecule has 30 heavy (non-hydrogen) atoms. The van der Waals surface area contributed by atoms with Crippen LogP contribution in [0.4, 0.5) is 0 Å². The summed E-state index contributed by atoms with van der Waals surface area (Å²) in [6.07, 6.45) is 16.0. The number of aliphatic hydroxyl groups excluding tert-OH is 1. The van der Waals surface area contributed by atoms with Gasteiger partial charge < -0.3 is 5.11 Å². The molecule has 8 unspecified atom stereocenters. The van der Waals surface area contributed by atoms with Gasteiger partial charge in [-0.3, -0.25) is 0 Å². The Morgan fingerprint density at radius 2 is 1.43 bits per heavy atom. The average Bonchev–Trinajstić information content (AvgIpc) is 2.65. The maximum atomic E-state index is 10.8. The lowest BCUT2D eigenvalue weighted by molar-refractivity contribution is -0.185. The fourth-order valence-electron chi connectivity index (χ4n) is 10.2. The van der Waals surface area contributed by atoms with E-state index in [1.54, 1.807) is 0 Å². The minimum atomic E-state index is -0.116. The van der Waals surface area contributed by atoms with Crippen molar-refractivity contribution < 1.29 is 5.11 Å². The Morgan fingerprint density at radius 3 is 2.17 bits per heavy atom. The SMILES string of the molecule is CC1(C)CCC2(C)CCC3C(=CCC4C3(C)CCC3C(C)(C)C(O)CCC34C)C2C1. The summed E-state index contributed by atoms with van der Waals surface area (Å²) in [6, 6.07) is 0. The van der Waals surface area contributed by atoms with E-state index in [1.807, 2.05) is 5.57 Å². The van der Waals surface area contributed by atoms with Crippen molar-refractivity contribution in [2.45, 2.75) is 119 Å². The second-order valence-corrected chi connectivity index (χ2v) is 14.6. The van der Waals surface area contributed by atoms with Crippen molar-refractivity contribution in [3.63, 3.8) is 0 Å². The number of hydrogen-bond donors (Lipinski definition) is 1. The molecule has 0 amide bonds. The normalized spacial score (nSPS) is 54.1. The molecule has 170 valence electrons. The molecule has 1 heteroatoms. The first-order valence-corrected chi connectivity index (χ1v) is 13.2. The standard InChI is InChI=1S/C29H48O/c1-25(2)16-17-27(5)13-10-20-19(21(27)18-25)8-9-23-28(20,6)14-11-22-26(3,4)24(30)12-15-29(22,23)7/h8,20-24,30H,9-18H2,1-7H3. The molecule has 4 saturated carbocycles. The van der Waals surface area contributed by atoms with Crippen molar-refractivity contribution in [1.82, 2.24) is 0 Å². The van der Waals surface area contributed by atoms with Crippen LogP contribution in [0.2, 0.25) is 0 Å². The summed E-state index contributed by atoms with van der Waals surface area (Å²) in [5, 5.41) is 10.8. The molecule has 1 N–H and O–H groups in total. The summed E-state index contributed by atoms with van der Waals surface area (Å²) >= 11 is 0. The lowest BCUT2D eigenvalue weighted by Gasteiger charge is -2.68. The Morgan fingerprint density at radius 1 is 0.733 bits per heavy atom. The third-order valence-corrected chi connectivity index (χ3v) is 12.2. The summed E-state index contributed by atoms with van der Waals surface area (Å²) in [6.45, 7) is 17.7. The fraction of sp³-hybridized carbons (Fsp3) is 0.931. The number of fused-ring (bicyclic) bond motifs is 7. The van der Waals surface area contributed by atoms with Crippen LogP contribution in [-0.4, -0.2) is 11.2 Å². The Labute approximate surface area is 186 Å². The van der Waals surface area contributed by atoms with Gasteiger partial charge in [0.15, 0.2) is 0 Å². The number of allylic oxidation sites excluding steroid dienone is 2. The van der Waals surface area contributed by atoms with E-state index >= 15 is 0 Å². The summed E-state index contributed by atoms with van der Waals surface area (Å²) in [5.41, 5.74) is 3.89. The molecule has 0 spiro atoms. The topological polar surface area (TPSA) is 20.2 Å². The molecular weight excluding hydrogens is 364 g/mol. The van der Waals surface area contributed by atoms with Gasteiger partial charge in [-0.1, -0.05) is 60.1 Å². The summed E-state index contributed by atoms with van der Waals surface area (Å²) in [4.78, 5) is 0. The van der Waals surface area contributed by atoms with Crippen molar-refractivity contribution in [2.24, 2.45) is 50.7 Å². The number of rotatable bonds is 0. The highest BCUT2D eigenvalue weighted by Gasteiger charge is 2.64. The first-order valence-electron chi connectivity index (χ1n) is 13.2. The third-order valence-electron chi connectivity index (χ3n) is 12.2. The van der Waals surface area contributed by atoms with Crippen LogP contribution in [0.1, 0.15) is 113 Å². The van der Waals surface area contributed by atoms with Gasteiger partial charge in [0.25, 0.3) is 0 Å². The molecule has 5 aliphatic rings. The molecule has 0 radical (unpaired) electrons. The minimum Gasteiger partial charge on any atom is -0.393 e. The smallest absolute Gasteiger partial charge is 0.0594 e. The number of hydrogen-bond acceptors (Lipinski definition) is 1. The molecule has 0 saturated heterocycles. The van der Waals surface area contributed by atoms with Gasteiger partial charge in [0, 0.05) is 0 Å². The zero-order valence-corrected chi connectivity index (χ0v) is 21.0. The average molecular weight is 413 g/mol. The monoisotopic (exact) mass is 412 g/mol. The molecule has 0 aromatic rings. The van der Waals surface area contributed by atoms with Gasteiger partial charge in [-0.2, -0.15) is 0 Å². The van der Waals surface area contributed by atoms with Crippen LogP contribution in [0.15, 0.2) is 11.6 Å². The second kappa shape index (κ2) is 6.39. The quantitative estimate of drug-likeness (QED) is 0.403. The van der Waals surface area contributed by atoms with E-state index in [-0.39, 0.29) is 11.5 Å². The molecular formula is C29H48O. The fourth-order valence-corrected chi connectivity index (χ4v) is 10.2. The molecule has 0 bridgehead atoms. The van der Waals surface area contributed by atoms with Gasteiger partial charge in [-0.05, 0) is 115 Å². The predicted octanol–water partition coefficient (Wildman–Crippen LogP) is 7.78. The lowest BCUT2D eigenvalue weighted by atomic mass is 9.37. The molecule has 0 aliphatic heterocycles. The summed E-state index contributed by atoms with van der Waals surface area (Å²) in [7, 11) is 0. The first kappa shape index (κ1) is 21.5.